The maximum atomic E-state index is 12.5. The lowest BCUT2D eigenvalue weighted by Crippen LogP contribution is -2.30. The van der Waals surface area contributed by atoms with Gasteiger partial charge in [0, 0.05) is 19.8 Å². The monoisotopic (exact) mass is 271 g/mol. The highest BCUT2D eigenvalue weighted by molar-refractivity contribution is 5.95. The van der Waals surface area contributed by atoms with E-state index in [1.54, 1.807) is 15.8 Å². The Morgan fingerprint density at radius 3 is 2.35 bits per heavy atom. The van der Waals surface area contributed by atoms with Crippen molar-refractivity contribution in [3.8, 4) is 0 Å². The fourth-order valence-corrected chi connectivity index (χ4v) is 2.14. The quantitative estimate of drug-likeness (QED) is 0.861. The Kier molecular flexibility index (Phi) is 3.93. The zero-order chi connectivity index (χ0) is 14.9. The maximum absolute atomic E-state index is 12.5. The molecular formula is C16H21N3O. The standard InChI is InChI=1S/C16H21N3O/c1-11-6-8-14(9-7-11)12(2)18(4)16(20)15-10-17-19(5)13(15)3/h6-10,12H,1-5H3. The topological polar surface area (TPSA) is 38.1 Å². The van der Waals surface area contributed by atoms with Crippen molar-refractivity contribution < 1.29 is 4.79 Å². The van der Waals surface area contributed by atoms with E-state index in [9.17, 15) is 4.79 Å². The van der Waals surface area contributed by atoms with Crippen LogP contribution in [0.4, 0.5) is 0 Å². The minimum absolute atomic E-state index is 0.00340. The first-order valence-electron chi connectivity index (χ1n) is 6.74. The fourth-order valence-electron chi connectivity index (χ4n) is 2.14. The first-order chi connectivity index (χ1) is 9.41. The predicted molar refractivity (Wildman–Crippen MR) is 79.6 cm³/mol. The van der Waals surface area contributed by atoms with E-state index in [0.717, 1.165) is 11.3 Å². The molecule has 1 aromatic carbocycles. The average molecular weight is 271 g/mol. The Morgan fingerprint density at radius 1 is 1.25 bits per heavy atom. The summed E-state index contributed by atoms with van der Waals surface area (Å²) in [5.41, 5.74) is 3.90. The Balaban J connectivity index is 2.22. The van der Waals surface area contributed by atoms with Crippen LogP contribution in [0.1, 0.15) is 40.1 Å². The third-order valence-electron chi connectivity index (χ3n) is 3.93. The molecule has 0 radical (unpaired) electrons. The third kappa shape index (κ3) is 2.59. The fraction of sp³-hybridized carbons (Fsp3) is 0.375. The Hall–Kier alpha value is -2.10. The van der Waals surface area contributed by atoms with E-state index in [0.29, 0.717) is 5.56 Å². The number of aromatic nitrogens is 2. The van der Waals surface area contributed by atoms with Crippen LogP contribution in [-0.4, -0.2) is 27.6 Å². The molecule has 2 rings (SSSR count). The predicted octanol–water partition coefficient (Wildman–Crippen LogP) is 2.87. The molecule has 1 unspecified atom stereocenters. The van der Waals surface area contributed by atoms with Crippen molar-refractivity contribution in [2.45, 2.75) is 26.8 Å². The lowest BCUT2D eigenvalue weighted by Gasteiger charge is -2.25. The molecule has 0 aliphatic rings. The minimum Gasteiger partial charge on any atom is -0.335 e. The van der Waals surface area contributed by atoms with Gasteiger partial charge in [-0.15, -0.1) is 0 Å². The molecule has 0 aliphatic carbocycles. The van der Waals surface area contributed by atoms with E-state index in [1.807, 2.05) is 27.9 Å². The van der Waals surface area contributed by atoms with Gasteiger partial charge in [0.15, 0.2) is 0 Å². The van der Waals surface area contributed by atoms with Crippen molar-refractivity contribution in [3.63, 3.8) is 0 Å². The van der Waals surface area contributed by atoms with Crippen molar-refractivity contribution in [2.24, 2.45) is 7.05 Å². The van der Waals surface area contributed by atoms with Gasteiger partial charge in [-0.2, -0.15) is 5.10 Å². The number of nitrogens with zero attached hydrogens (tertiary/aromatic N) is 3. The van der Waals surface area contributed by atoms with Crippen molar-refractivity contribution >= 4 is 5.91 Å². The third-order valence-corrected chi connectivity index (χ3v) is 3.93. The number of aryl methyl sites for hydroxylation is 2. The van der Waals surface area contributed by atoms with Gasteiger partial charge >= 0.3 is 0 Å². The van der Waals surface area contributed by atoms with Crippen LogP contribution in [0.15, 0.2) is 30.5 Å². The zero-order valence-corrected chi connectivity index (χ0v) is 12.7. The largest absolute Gasteiger partial charge is 0.335 e. The van der Waals surface area contributed by atoms with Crippen LogP contribution in [0.5, 0.6) is 0 Å². The summed E-state index contributed by atoms with van der Waals surface area (Å²) in [4.78, 5) is 14.3. The van der Waals surface area contributed by atoms with Gasteiger partial charge in [0.05, 0.1) is 17.8 Å². The summed E-state index contributed by atoms with van der Waals surface area (Å²) in [7, 11) is 3.68. The molecule has 4 nitrogen and oxygen atoms in total. The average Bonchev–Trinajstić information content (AvgIpc) is 2.77. The van der Waals surface area contributed by atoms with Crippen molar-refractivity contribution in [1.29, 1.82) is 0 Å². The normalized spacial score (nSPS) is 12.2. The van der Waals surface area contributed by atoms with Gasteiger partial charge in [-0.05, 0) is 26.3 Å². The van der Waals surface area contributed by atoms with Gasteiger partial charge in [-0.25, -0.2) is 0 Å². The van der Waals surface area contributed by atoms with E-state index in [2.05, 4.69) is 36.3 Å². The van der Waals surface area contributed by atoms with Crippen LogP contribution in [0.2, 0.25) is 0 Å². The van der Waals surface area contributed by atoms with Crippen LogP contribution in [0.3, 0.4) is 0 Å². The van der Waals surface area contributed by atoms with Crippen molar-refractivity contribution in [1.82, 2.24) is 14.7 Å². The smallest absolute Gasteiger partial charge is 0.257 e. The molecule has 1 atom stereocenters. The van der Waals surface area contributed by atoms with Gasteiger partial charge in [-0.3, -0.25) is 9.48 Å². The molecule has 1 amide bonds. The number of amides is 1. The van der Waals surface area contributed by atoms with Crippen LogP contribution >= 0.6 is 0 Å². The van der Waals surface area contributed by atoms with E-state index >= 15 is 0 Å². The molecule has 0 saturated carbocycles. The molecule has 0 fully saturated rings. The highest BCUT2D eigenvalue weighted by Crippen LogP contribution is 2.21. The summed E-state index contributed by atoms with van der Waals surface area (Å²) < 4.78 is 1.72. The van der Waals surface area contributed by atoms with Gasteiger partial charge in [0.2, 0.25) is 0 Å². The van der Waals surface area contributed by atoms with Crippen molar-refractivity contribution in [3.05, 3.63) is 52.8 Å². The molecule has 2 aromatic rings. The van der Waals surface area contributed by atoms with Crippen LogP contribution in [0, 0.1) is 13.8 Å². The number of carbonyl (C=O) groups is 1. The van der Waals surface area contributed by atoms with Gasteiger partial charge < -0.3 is 4.90 Å². The Morgan fingerprint density at radius 2 is 1.85 bits per heavy atom. The van der Waals surface area contributed by atoms with E-state index in [4.69, 9.17) is 0 Å². The van der Waals surface area contributed by atoms with E-state index in [1.165, 1.54) is 5.56 Å². The second kappa shape index (κ2) is 5.49. The molecule has 0 N–H and O–H groups in total. The number of hydrogen-bond acceptors (Lipinski definition) is 2. The van der Waals surface area contributed by atoms with Gasteiger partial charge in [0.25, 0.3) is 5.91 Å². The number of benzene rings is 1. The van der Waals surface area contributed by atoms with E-state index in [-0.39, 0.29) is 11.9 Å². The highest BCUT2D eigenvalue weighted by atomic mass is 16.2. The molecule has 4 heteroatoms. The second-order valence-corrected chi connectivity index (χ2v) is 5.27. The minimum atomic E-state index is 0.00340. The van der Waals surface area contributed by atoms with Gasteiger partial charge in [0.1, 0.15) is 0 Å². The summed E-state index contributed by atoms with van der Waals surface area (Å²) in [6.45, 7) is 6.00. The number of rotatable bonds is 3. The second-order valence-electron chi connectivity index (χ2n) is 5.27. The number of carbonyl (C=O) groups excluding carboxylic acids is 1. The Labute approximate surface area is 120 Å². The van der Waals surface area contributed by atoms with Crippen LogP contribution < -0.4 is 0 Å². The molecule has 0 aliphatic heterocycles. The van der Waals surface area contributed by atoms with Crippen LogP contribution in [0.25, 0.3) is 0 Å². The molecule has 0 bridgehead atoms. The molecule has 1 aromatic heterocycles. The molecule has 20 heavy (non-hydrogen) atoms. The zero-order valence-electron chi connectivity index (χ0n) is 12.7. The summed E-state index contributed by atoms with van der Waals surface area (Å²) >= 11 is 0. The first kappa shape index (κ1) is 14.3. The SMILES string of the molecule is Cc1ccc(C(C)N(C)C(=O)c2cnn(C)c2C)cc1. The Bertz CT molecular complexity index is 613. The lowest BCUT2D eigenvalue weighted by atomic mass is 10.0. The lowest BCUT2D eigenvalue weighted by molar-refractivity contribution is 0.0742. The summed E-state index contributed by atoms with van der Waals surface area (Å²) in [5.74, 6) is 0.00340. The molecular weight excluding hydrogens is 250 g/mol. The summed E-state index contributed by atoms with van der Waals surface area (Å²) in [5, 5.41) is 4.13. The summed E-state index contributed by atoms with van der Waals surface area (Å²) in [6.07, 6.45) is 1.63. The van der Waals surface area contributed by atoms with Gasteiger partial charge in [-0.1, -0.05) is 29.8 Å². The van der Waals surface area contributed by atoms with Crippen LogP contribution in [-0.2, 0) is 7.05 Å². The highest BCUT2D eigenvalue weighted by Gasteiger charge is 2.21. The van der Waals surface area contributed by atoms with Crippen molar-refractivity contribution in [2.75, 3.05) is 7.05 Å². The first-order valence-corrected chi connectivity index (χ1v) is 6.74. The molecule has 106 valence electrons. The molecule has 0 saturated heterocycles. The maximum Gasteiger partial charge on any atom is 0.257 e. The molecule has 1 heterocycles. The molecule has 0 spiro atoms. The summed E-state index contributed by atoms with van der Waals surface area (Å²) in [6, 6.07) is 8.31. The van der Waals surface area contributed by atoms with E-state index < -0.39 is 0 Å². The number of hydrogen-bond donors (Lipinski definition) is 0.